The molecule has 0 spiro atoms. The number of fused-ring (bicyclic) bond motifs is 1. The molecule has 198 valence electrons. The van der Waals surface area contributed by atoms with Crippen LogP contribution >= 0.6 is 0 Å². The maximum atomic E-state index is 12.5. The molecule has 3 heterocycles. The first-order valence-electron chi connectivity index (χ1n) is 9.74. The van der Waals surface area contributed by atoms with Gasteiger partial charge in [0, 0.05) is 17.3 Å². The summed E-state index contributed by atoms with van der Waals surface area (Å²) in [4.78, 5) is 9.27. The van der Waals surface area contributed by atoms with Crippen LogP contribution in [0.25, 0.3) is 11.2 Å². The third-order valence-electron chi connectivity index (χ3n) is 5.08. The average Bonchev–Trinajstić information content (AvgIpc) is 3.33. The molecule has 1 aliphatic heterocycles. The Kier molecular flexibility index (Phi) is 10.6. The van der Waals surface area contributed by atoms with Crippen molar-refractivity contribution in [3.8, 4) is 5.88 Å². The third-order valence-corrected chi connectivity index (χ3v) is 6.84. The molecular weight excluding hydrogens is 588 g/mol. The largest absolute Gasteiger partial charge is 1.00 e. The molecule has 0 aliphatic carbocycles. The Morgan fingerprint density at radius 3 is 2.38 bits per heavy atom. The summed E-state index contributed by atoms with van der Waals surface area (Å²) in [6, 6.07) is 2.12. The summed E-state index contributed by atoms with van der Waals surface area (Å²) in [7, 11) is -9.80. The van der Waals surface area contributed by atoms with E-state index in [0.29, 0.717) is 12.3 Å². The molecule has 0 radical (unpaired) electrons. The monoisotopic (exact) mass is 603 g/mol. The van der Waals surface area contributed by atoms with Gasteiger partial charge in [0.2, 0.25) is 5.95 Å². The van der Waals surface area contributed by atoms with E-state index in [1.807, 2.05) is 0 Å². The molecule has 1 saturated heterocycles. The predicted molar refractivity (Wildman–Crippen MR) is 116 cm³/mol. The number of ether oxygens (including phenoxy) is 1. The number of hydrogen-bond acceptors (Lipinski definition) is 15. The zero-order chi connectivity index (χ0) is 27.3. The molecule has 2 aromatic heterocycles. The van der Waals surface area contributed by atoms with E-state index in [2.05, 4.69) is 25.2 Å². The number of anilines is 1. The number of nitrogen functional groups attached to an aromatic ring is 1. The number of imidazole rings is 1. The van der Waals surface area contributed by atoms with Gasteiger partial charge in [-0.2, -0.15) is 32.0 Å². The number of aliphatic hydroxyl groups is 2. The van der Waals surface area contributed by atoms with Crippen molar-refractivity contribution < 1.29 is 110 Å². The zero-order valence-electron chi connectivity index (χ0n) is 19.9. The minimum absolute atomic E-state index is 0. The zero-order valence-corrected chi connectivity index (χ0v) is 25.6. The Hall–Kier alpha value is -1.79. The number of rotatable bonds is 6. The van der Waals surface area contributed by atoms with Crippen LogP contribution in [0.1, 0.15) is 11.8 Å². The maximum Gasteiger partial charge on any atom is 1.00 e. The van der Waals surface area contributed by atoms with Gasteiger partial charge in [0.15, 0.2) is 11.9 Å². The number of aromatic nitrogens is 4. The van der Waals surface area contributed by atoms with Gasteiger partial charge in [0.1, 0.15) is 28.7 Å². The topological polar surface area (TPSA) is 299 Å². The van der Waals surface area contributed by atoms with Crippen molar-refractivity contribution in [3.05, 3.63) is 30.1 Å². The Morgan fingerprint density at radius 2 is 1.77 bits per heavy atom. The van der Waals surface area contributed by atoms with Crippen LogP contribution in [-0.4, -0.2) is 86.1 Å². The van der Waals surface area contributed by atoms with Crippen molar-refractivity contribution in [1.29, 1.82) is 0 Å². The molecular formula is C17H15N7Na2O11S2. The first-order valence-corrected chi connectivity index (χ1v) is 12.6. The maximum absolute atomic E-state index is 12.5. The second-order valence-electron chi connectivity index (χ2n) is 7.47. The molecule has 1 aliphatic rings. The van der Waals surface area contributed by atoms with Gasteiger partial charge in [-0.05, 0) is 12.1 Å². The fraction of sp³-hybridized carbons (Fsp3) is 0.235. The molecule has 3 aromatic rings. The molecule has 4 rings (SSSR count). The van der Waals surface area contributed by atoms with Crippen LogP contribution in [-0.2, 0) is 25.0 Å². The van der Waals surface area contributed by atoms with E-state index in [9.17, 15) is 41.8 Å². The molecule has 1 aromatic carbocycles. The van der Waals surface area contributed by atoms with Gasteiger partial charge < -0.3 is 30.9 Å². The van der Waals surface area contributed by atoms with E-state index in [0.717, 1.165) is 23.0 Å². The quantitative estimate of drug-likeness (QED) is 0.0574. The van der Waals surface area contributed by atoms with E-state index in [-0.39, 0.29) is 70.3 Å². The number of aliphatic hydroxyl groups excluding tert-OH is 2. The van der Waals surface area contributed by atoms with Crippen molar-refractivity contribution in [2.75, 3.05) is 5.73 Å². The van der Waals surface area contributed by atoms with Crippen molar-refractivity contribution in [3.63, 3.8) is 0 Å². The van der Waals surface area contributed by atoms with Gasteiger partial charge in [-0.1, -0.05) is 6.07 Å². The Labute approximate surface area is 263 Å². The Morgan fingerprint density at radius 1 is 1.10 bits per heavy atom. The van der Waals surface area contributed by atoms with E-state index in [4.69, 9.17) is 15.0 Å². The third kappa shape index (κ3) is 6.93. The van der Waals surface area contributed by atoms with Crippen LogP contribution in [0.15, 0.2) is 44.5 Å². The van der Waals surface area contributed by atoms with Crippen molar-refractivity contribution in [1.82, 2.24) is 19.5 Å². The summed E-state index contributed by atoms with van der Waals surface area (Å²) in [5.41, 5.74) is 4.71. The Balaban J connectivity index is 0.00000267. The predicted octanol–water partition coefficient (Wildman–Crippen LogP) is -9.60. The second-order valence-corrected chi connectivity index (χ2v) is 10.3. The standard InChI is InChI=1S/C17H17N7O11S2.2Na/c18-17-21-13-9(14(27)22-17)19-5-24(13)16-11(26)10(25)12(35-16)15(28)23-20-4-6-1-2-7(36(29,30)31)3-8(6)37(32,33)34;;/h1-5,10-12,16,25-26H,(H,23,28)(H,29,30,31)(H,32,33,34)(H3,18,21,22,27);;/q;2*+1/p-2/b20-4-;;/t10-,11+,12-,16+;;/m0../s1. The van der Waals surface area contributed by atoms with Gasteiger partial charge in [-0.15, -0.1) is 0 Å². The van der Waals surface area contributed by atoms with Gasteiger partial charge in [-0.3, -0.25) is 13.7 Å². The molecule has 0 unspecified atom stereocenters. The normalized spacial score (nSPS) is 22.1. The first-order chi connectivity index (χ1) is 17.2. The van der Waals surface area contributed by atoms with E-state index in [1.165, 1.54) is 0 Å². The summed E-state index contributed by atoms with van der Waals surface area (Å²) in [5, 5.41) is 51.7. The molecule has 4 atom stereocenters. The van der Waals surface area contributed by atoms with Gasteiger partial charge in [0.05, 0.1) is 17.4 Å². The van der Waals surface area contributed by atoms with E-state index >= 15 is 0 Å². The molecule has 22 heteroatoms. The molecule has 0 amide bonds. The van der Waals surface area contributed by atoms with Crippen molar-refractivity contribution >= 4 is 49.5 Å². The second kappa shape index (κ2) is 12.4. The van der Waals surface area contributed by atoms with Crippen LogP contribution in [0, 0.1) is 0 Å². The molecule has 1 fully saturated rings. The van der Waals surface area contributed by atoms with Gasteiger partial charge in [0.25, 0.3) is 20.2 Å². The Bertz CT molecular complexity index is 1660. The van der Waals surface area contributed by atoms with E-state index in [1.54, 1.807) is 0 Å². The first kappa shape index (κ1) is 33.4. The summed E-state index contributed by atoms with van der Waals surface area (Å²) in [6.45, 7) is 0. The van der Waals surface area contributed by atoms with Crippen LogP contribution in [0.5, 0.6) is 5.88 Å². The van der Waals surface area contributed by atoms with Crippen LogP contribution < -0.4 is 75.1 Å². The van der Waals surface area contributed by atoms with Crippen molar-refractivity contribution in [2.24, 2.45) is 10.2 Å². The minimum atomic E-state index is -5.00. The molecule has 18 nitrogen and oxygen atoms in total. The van der Waals surface area contributed by atoms with Crippen molar-refractivity contribution in [2.45, 2.75) is 34.3 Å². The van der Waals surface area contributed by atoms with Gasteiger partial charge >= 0.3 is 59.1 Å². The number of nitrogens with zero attached hydrogens (tertiary/aromatic N) is 6. The number of benzene rings is 1. The molecule has 0 saturated carbocycles. The van der Waals surface area contributed by atoms with Crippen LogP contribution in [0.3, 0.4) is 0 Å². The molecule has 6 N–H and O–H groups in total. The minimum Gasteiger partial charge on any atom is -0.859 e. The van der Waals surface area contributed by atoms with E-state index < -0.39 is 77.9 Å². The molecule has 39 heavy (non-hydrogen) atoms. The van der Waals surface area contributed by atoms with Crippen LogP contribution in [0.2, 0.25) is 0 Å². The van der Waals surface area contributed by atoms with Gasteiger partial charge in [-0.25, -0.2) is 9.97 Å². The van der Waals surface area contributed by atoms with Crippen LogP contribution in [0.4, 0.5) is 5.95 Å². The smallest absolute Gasteiger partial charge is 0.859 e. The average molecular weight is 603 g/mol. The number of hydrogen-bond donors (Lipinski definition) is 5. The fourth-order valence-corrected chi connectivity index (χ4v) is 4.67. The fourth-order valence-electron chi connectivity index (χ4n) is 3.40. The summed E-state index contributed by atoms with van der Waals surface area (Å²) < 4.78 is 70.5. The summed E-state index contributed by atoms with van der Waals surface area (Å²) >= 11 is 0. The molecule has 0 bridgehead atoms. The number of nitrogens with two attached hydrogens (primary N) is 1. The summed E-state index contributed by atoms with van der Waals surface area (Å²) in [5.74, 6) is -2.42. The summed E-state index contributed by atoms with van der Waals surface area (Å²) in [6.07, 6.45) is -5.07. The SMILES string of the molecule is Nc1nc([O-])c2ncn([C@@H]3O[C@H](C([O-])=N/N=C\c4ccc(S(=O)(=O)O)cc4S(=O)(=O)O)[C@@H](O)[C@H]3O)c2n1.[Na+].[Na+].